The highest BCUT2D eigenvalue weighted by Crippen LogP contribution is 2.31. The molecule has 2 N–H and O–H groups in total. The van der Waals surface area contributed by atoms with Gasteiger partial charge in [-0.05, 0) is 42.3 Å². The molecule has 0 radical (unpaired) electrons. The van der Waals surface area contributed by atoms with E-state index >= 15 is 0 Å². The zero-order valence-electron chi connectivity index (χ0n) is 15.1. The molecule has 0 unspecified atom stereocenters. The summed E-state index contributed by atoms with van der Waals surface area (Å²) in [6.07, 6.45) is 6.23. The van der Waals surface area contributed by atoms with E-state index in [0.29, 0.717) is 24.2 Å². The lowest BCUT2D eigenvalue weighted by Gasteiger charge is -2.17. The molecule has 2 amide bonds. The van der Waals surface area contributed by atoms with Gasteiger partial charge < -0.3 is 15.3 Å². The highest BCUT2D eigenvalue weighted by atomic mass is 16.4. The number of nitrogens with zero attached hydrogens (tertiary/aromatic N) is 4. The molecular formula is C20H15N5O4. The van der Waals surface area contributed by atoms with Crippen molar-refractivity contribution >= 4 is 29.2 Å². The quantitative estimate of drug-likeness (QED) is 0.699. The lowest BCUT2D eigenvalue weighted by molar-refractivity contribution is 0.0684. The van der Waals surface area contributed by atoms with Crippen molar-refractivity contribution in [3.8, 4) is 0 Å². The number of pyridine rings is 1. The zero-order chi connectivity index (χ0) is 20.4. The lowest BCUT2D eigenvalue weighted by Crippen LogP contribution is -2.28. The van der Waals surface area contributed by atoms with Gasteiger partial charge in [0.15, 0.2) is 11.4 Å². The first-order valence-corrected chi connectivity index (χ1v) is 8.75. The lowest BCUT2D eigenvalue weighted by atomic mass is 10.1. The van der Waals surface area contributed by atoms with Crippen LogP contribution in [0.15, 0.2) is 55.1 Å². The van der Waals surface area contributed by atoms with Crippen LogP contribution in [0.2, 0.25) is 0 Å². The summed E-state index contributed by atoms with van der Waals surface area (Å²) in [6.45, 7) is 0.522. The number of carboxylic acids is 1. The molecule has 0 aliphatic carbocycles. The molecule has 0 bridgehead atoms. The number of hydrogen-bond donors (Lipinski definition) is 2. The molecule has 0 fully saturated rings. The van der Waals surface area contributed by atoms with Crippen LogP contribution >= 0.6 is 0 Å². The van der Waals surface area contributed by atoms with Gasteiger partial charge >= 0.3 is 5.97 Å². The van der Waals surface area contributed by atoms with E-state index in [9.17, 15) is 14.4 Å². The first-order valence-electron chi connectivity index (χ1n) is 8.75. The molecule has 144 valence electrons. The fraction of sp³-hybridized carbons (Fsp3) is 0.100. The summed E-state index contributed by atoms with van der Waals surface area (Å²) >= 11 is 0. The number of carbonyl (C=O) groups is 3. The van der Waals surface area contributed by atoms with E-state index in [-0.39, 0.29) is 11.6 Å². The second-order valence-corrected chi connectivity index (χ2v) is 6.30. The number of carbonyl (C=O) groups excluding carboxylic acids is 2. The highest BCUT2D eigenvalue weighted by Gasteiger charge is 2.26. The van der Waals surface area contributed by atoms with E-state index < -0.39 is 17.6 Å². The predicted octanol–water partition coefficient (Wildman–Crippen LogP) is 2.02. The number of hydrogen-bond acceptors (Lipinski definition) is 6. The van der Waals surface area contributed by atoms with Crippen molar-refractivity contribution in [2.75, 3.05) is 16.8 Å². The average Bonchev–Trinajstić information content (AvgIpc) is 3.17. The molecule has 1 aliphatic rings. The number of rotatable bonds is 4. The molecule has 0 atom stereocenters. The van der Waals surface area contributed by atoms with Crippen LogP contribution in [-0.2, 0) is 6.42 Å². The molecule has 0 saturated carbocycles. The monoisotopic (exact) mass is 389 g/mol. The number of amides is 2. The Morgan fingerprint density at radius 1 is 1.03 bits per heavy atom. The third-order valence-corrected chi connectivity index (χ3v) is 4.50. The molecule has 9 nitrogen and oxygen atoms in total. The van der Waals surface area contributed by atoms with E-state index in [1.165, 1.54) is 18.6 Å². The average molecular weight is 389 g/mol. The van der Waals surface area contributed by atoms with Crippen molar-refractivity contribution in [2.45, 2.75) is 6.42 Å². The van der Waals surface area contributed by atoms with Crippen LogP contribution in [0.5, 0.6) is 0 Å². The van der Waals surface area contributed by atoms with Gasteiger partial charge in [-0.2, -0.15) is 0 Å². The van der Waals surface area contributed by atoms with Crippen molar-refractivity contribution in [1.29, 1.82) is 0 Å². The summed E-state index contributed by atoms with van der Waals surface area (Å²) in [4.78, 5) is 49.5. The van der Waals surface area contributed by atoms with E-state index in [1.54, 1.807) is 41.4 Å². The number of benzene rings is 1. The standard InChI is InChI=1S/C20H15N5O4/c26-18(16-17(20(28)29)23-8-7-22-16)24-14-3-4-15-12(10-14)5-9-25(15)19(27)13-2-1-6-21-11-13/h1-4,6-8,10-11H,5,9H2,(H,24,26)(H,28,29). The minimum atomic E-state index is -1.33. The van der Waals surface area contributed by atoms with Crippen molar-refractivity contribution in [1.82, 2.24) is 15.0 Å². The molecule has 2 aromatic heterocycles. The van der Waals surface area contributed by atoms with Gasteiger partial charge in [-0.3, -0.25) is 14.6 Å². The van der Waals surface area contributed by atoms with Crippen LogP contribution in [-0.4, -0.2) is 44.4 Å². The summed E-state index contributed by atoms with van der Waals surface area (Å²) in [5.41, 5.74) is 1.96. The van der Waals surface area contributed by atoms with Gasteiger partial charge in [-0.1, -0.05) is 0 Å². The van der Waals surface area contributed by atoms with Gasteiger partial charge in [0, 0.05) is 42.7 Å². The smallest absolute Gasteiger partial charge is 0.356 e. The maximum Gasteiger partial charge on any atom is 0.356 e. The van der Waals surface area contributed by atoms with Gasteiger partial charge in [0.25, 0.3) is 11.8 Å². The third kappa shape index (κ3) is 3.53. The number of fused-ring (bicyclic) bond motifs is 1. The van der Waals surface area contributed by atoms with Crippen LogP contribution in [0.4, 0.5) is 11.4 Å². The molecule has 1 aromatic carbocycles. The SMILES string of the molecule is O=C(O)c1nccnc1C(=O)Nc1ccc2c(c1)CCN2C(=O)c1cccnc1. The maximum absolute atomic E-state index is 12.7. The molecular weight excluding hydrogens is 374 g/mol. The number of carboxylic acid groups (broad SMARTS) is 1. The maximum atomic E-state index is 12.7. The minimum absolute atomic E-state index is 0.140. The molecule has 3 aromatic rings. The van der Waals surface area contributed by atoms with E-state index in [4.69, 9.17) is 5.11 Å². The first kappa shape index (κ1) is 18.2. The Labute approximate surface area is 165 Å². The number of aromatic carboxylic acids is 1. The fourth-order valence-corrected chi connectivity index (χ4v) is 3.19. The molecule has 29 heavy (non-hydrogen) atoms. The summed E-state index contributed by atoms with van der Waals surface area (Å²) < 4.78 is 0. The van der Waals surface area contributed by atoms with Crippen LogP contribution in [0.25, 0.3) is 0 Å². The van der Waals surface area contributed by atoms with Crippen LogP contribution in [0.1, 0.15) is 36.9 Å². The Morgan fingerprint density at radius 3 is 2.55 bits per heavy atom. The zero-order valence-corrected chi connectivity index (χ0v) is 15.1. The van der Waals surface area contributed by atoms with Crippen LogP contribution in [0, 0.1) is 0 Å². The van der Waals surface area contributed by atoms with Gasteiger partial charge in [0.1, 0.15) is 0 Å². The molecule has 3 heterocycles. The van der Waals surface area contributed by atoms with Crippen LogP contribution < -0.4 is 10.2 Å². The fourth-order valence-electron chi connectivity index (χ4n) is 3.19. The Hall–Kier alpha value is -4.14. The third-order valence-electron chi connectivity index (χ3n) is 4.50. The minimum Gasteiger partial charge on any atom is -0.476 e. The van der Waals surface area contributed by atoms with Crippen LogP contribution in [0.3, 0.4) is 0 Å². The number of aromatic nitrogens is 3. The van der Waals surface area contributed by atoms with Gasteiger partial charge in [-0.15, -0.1) is 0 Å². The summed E-state index contributed by atoms with van der Waals surface area (Å²) in [6, 6.07) is 8.59. The summed E-state index contributed by atoms with van der Waals surface area (Å²) in [5, 5.41) is 11.8. The Morgan fingerprint density at radius 2 is 1.83 bits per heavy atom. The molecule has 9 heteroatoms. The second-order valence-electron chi connectivity index (χ2n) is 6.30. The first-order chi connectivity index (χ1) is 14.0. The normalized spacial score (nSPS) is 12.3. The molecule has 4 rings (SSSR count). The summed E-state index contributed by atoms with van der Waals surface area (Å²) in [5.74, 6) is -2.14. The molecule has 1 aliphatic heterocycles. The molecule has 0 spiro atoms. The van der Waals surface area contributed by atoms with Crippen molar-refractivity contribution in [2.24, 2.45) is 0 Å². The van der Waals surface area contributed by atoms with E-state index in [2.05, 4.69) is 20.3 Å². The van der Waals surface area contributed by atoms with Gasteiger partial charge in [0.05, 0.1) is 5.56 Å². The van der Waals surface area contributed by atoms with Crippen molar-refractivity contribution < 1.29 is 19.5 Å². The second kappa shape index (κ2) is 7.47. The van der Waals surface area contributed by atoms with E-state index in [1.807, 2.05) is 0 Å². The topological polar surface area (TPSA) is 125 Å². The Kier molecular flexibility index (Phi) is 4.70. The summed E-state index contributed by atoms with van der Waals surface area (Å²) in [7, 11) is 0. The Bertz CT molecular complexity index is 1120. The van der Waals surface area contributed by atoms with Crippen molar-refractivity contribution in [3.63, 3.8) is 0 Å². The molecule has 0 saturated heterocycles. The highest BCUT2D eigenvalue weighted by molar-refractivity contribution is 6.09. The predicted molar refractivity (Wildman–Crippen MR) is 103 cm³/mol. The van der Waals surface area contributed by atoms with Gasteiger partial charge in [-0.25, -0.2) is 14.8 Å². The number of nitrogens with one attached hydrogen (secondary N) is 1. The van der Waals surface area contributed by atoms with Gasteiger partial charge in [0.2, 0.25) is 0 Å². The number of anilines is 2. The van der Waals surface area contributed by atoms with E-state index in [0.717, 1.165) is 11.3 Å². The van der Waals surface area contributed by atoms with Crippen molar-refractivity contribution in [3.05, 3.63) is 77.6 Å². The largest absolute Gasteiger partial charge is 0.476 e. The Balaban J connectivity index is 1.55.